The lowest BCUT2D eigenvalue weighted by atomic mass is 10.2. The summed E-state index contributed by atoms with van der Waals surface area (Å²) in [6.07, 6.45) is 1.56. The van der Waals surface area contributed by atoms with Crippen molar-refractivity contribution in [3.05, 3.63) is 90.4 Å². The SMILES string of the molecule is Cc1cc(Nc2ccnc(C(=O)Nc3ccc(Oc4ccccc4)cc3)c2)no1. The largest absolute Gasteiger partial charge is 0.457 e. The molecule has 29 heavy (non-hydrogen) atoms. The smallest absolute Gasteiger partial charge is 0.274 e. The molecular formula is C22H18N4O3. The van der Waals surface area contributed by atoms with Gasteiger partial charge in [0.2, 0.25) is 0 Å². The van der Waals surface area contributed by atoms with Crippen LogP contribution in [0.4, 0.5) is 17.2 Å². The maximum absolute atomic E-state index is 12.5. The number of amides is 1. The molecule has 2 heterocycles. The van der Waals surface area contributed by atoms with Gasteiger partial charge in [0, 0.05) is 23.6 Å². The van der Waals surface area contributed by atoms with Gasteiger partial charge < -0.3 is 19.9 Å². The van der Waals surface area contributed by atoms with Crippen LogP contribution < -0.4 is 15.4 Å². The number of para-hydroxylation sites is 1. The summed E-state index contributed by atoms with van der Waals surface area (Å²) in [5.41, 5.74) is 1.60. The van der Waals surface area contributed by atoms with Crippen molar-refractivity contribution in [2.24, 2.45) is 0 Å². The molecular weight excluding hydrogens is 368 g/mol. The van der Waals surface area contributed by atoms with Crippen molar-refractivity contribution in [1.29, 1.82) is 0 Å². The third kappa shape index (κ3) is 4.78. The molecule has 4 rings (SSSR count). The summed E-state index contributed by atoms with van der Waals surface area (Å²) < 4.78 is 10.8. The number of hydrogen-bond acceptors (Lipinski definition) is 6. The van der Waals surface area contributed by atoms with Gasteiger partial charge in [-0.3, -0.25) is 9.78 Å². The third-order valence-corrected chi connectivity index (χ3v) is 3.98. The second kappa shape index (κ2) is 8.26. The predicted octanol–water partition coefficient (Wildman–Crippen LogP) is 5.17. The summed E-state index contributed by atoms with van der Waals surface area (Å²) >= 11 is 0. The average molecular weight is 386 g/mol. The van der Waals surface area contributed by atoms with Gasteiger partial charge >= 0.3 is 0 Å². The van der Waals surface area contributed by atoms with Crippen LogP contribution in [-0.4, -0.2) is 16.0 Å². The number of benzene rings is 2. The lowest BCUT2D eigenvalue weighted by Gasteiger charge is -2.09. The minimum Gasteiger partial charge on any atom is -0.457 e. The second-order valence-corrected chi connectivity index (χ2v) is 6.27. The fraction of sp³-hybridized carbons (Fsp3) is 0.0455. The van der Waals surface area contributed by atoms with Gasteiger partial charge in [-0.1, -0.05) is 23.4 Å². The first-order chi connectivity index (χ1) is 14.2. The first-order valence-electron chi connectivity index (χ1n) is 8.96. The Morgan fingerprint density at radius 3 is 2.41 bits per heavy atom. The van der Waals surface area contributed by atoms with Crippen LogP contribution in [0.1, 0.15) is 16.2 Å². The zero-order valence-corrected chi connectivity index (χ0v) is 15.6. The van der Waals surface area contributed by atoms with E-state index in [1.54, 1.807) is 55.6 Å². The molecule has 2 N–H and O–H groups in total. The number of carbonyl (C=O) groups excluding carboxylic acids is 1. The van der Waals surface area contributed by atoms with E-state index in [-0.39, 0.29) is 11.6 Å². The van der Waals surface area contributed by atoms with Crippen LogP contribution in [0.25, 0.3) is 0 Å². The lowest BCUT2D eigenvalue weighted by molar-refractivity contribution is 0.102. The van der Waals surface area contributed by atoms with Crippen LogP contribution in [0.2, 0.25) is 0 Å². The molecule has 0 spiro atoms. The van der Waals surface area contributed by atoms with Crippen LogP contribution in [0.5, 0.6) is 11.5 Å². The molecule has 144 valence electrons. The number of nitrogens with one attached hydrogen (secondary N) is 2. The number of rotatable bonds is 6. The van der Waals surface area contributed by atoms with E-state index >= 15 is 0 Å². The molecule has 7 nitrogen and oxygen atoms in total. The molecule has 0 aliphatic heterocycles. The van der Waals surface area contributed by atoms with E-state index in [4.69, 9.17) is 9.26 Å². The van der Waals surface area contributed by atoms with Crippen LogP contribution in [0.15, 0.2) is 83.5 Å². The van der Waals surface area contributed by atoms with Crippen molar-refractivity contribution < 1.29 is 14.1 Å². The number of anilines is 3. The molecule has 0 aliphatic rings. The summed E-state index contributed by atoms with van der Waals surface area (Å²) in [5, 5.41) is 9.77. The fourth-order valence-electron chi connectivity index (χ4n) is 2.63. The number of pyridine rings is 1. The molecule has 2 aromatic carbocycles. The first kappa shape index (κ1) is 18.2. The summed E-state index contributed by atoms with van der Waals surface area (Å²) in [6.45, 7) is 1.81. The average Bonchev–Trinajstić information content (AvgIpc) is 3.15. The first-order valence-corrected chi connectivity index (χ1v) is 8.96. The van der Waals surface area contributed by atoms with Crippen molar-refractivity contribution >= 4 is 23.1 Å². The summed E-state index contributed by atoms with van der Waals surface area (Å²) in [5.74, 6) is 2.37. The zero-order chi connectivity index (χ0) is 20.1. The Morgan fingerprint density at radius 2 is 1.69 bits per heavy atom. The van der Waals surface area contributed by atoms with Crippen LogP contribution in [-0.2, 0) is 0 Å². The van der Waals surface area contributed by atoms with E-state index in [1.807, 2.05) is 30.3 Å². The third-order valence-electron chi connectivity index (χ3n) is 3.98. The van der Waals surface area contributed by atoms with E-state index < -0.39 is 0 Å². The standard InChI is InChI=1S/C22H18N4O3/c1-15-13-21(26-29-15)24-17-11-12-23-20(14-17)22(27)25-16-7-9-19(10-8-16)28-18-5-3-2-4-6-18/h2-14H,1H3,(H,25,27)(H,23,24,26). The molecule has 0 aliphatic carbocycles. The van der Waals surface area contributed by atoms with Crippen molar-refractivity contribution in [3.63, 3.8) is 0 Å². The highest BCUT2D eigenvalue weighted by Crippen LogP contribution is 2.23. The molecule has 0 unspecified atom stereocenters. The van der Waals surface area contributed by atoms with Crippen molar-refractivity contribution in [3.8, 4) is 11.5 Å². The van der Waals surface area contributed by atoms with Gasteiger partial charge in [-0.25, -0.2) is 0 Å². The Bertz CT molecular complexity index is 1110. The topological polar surface area (TPSA) is 89.3 Å². The summed E-state index contributed by atoms with van der Waals surface area (Å²) in [6, 6.07) is 21.8. The molecule has 0 radical (unpaired) electrons. The van der Waals surface area contributed by atoms with Crippen LogP contribution >= 0.6 is 0 Å². The van der Waals surface area contributed by atoms with Crippen molar-refractivity contribution in [2.75, 3.05) is 10.6 Å². The monoisotopic (exact) mass is 386 g/mol. The molecule has 0 atom stereocenters. The van der Waals surface area contributed by atoms with E-state index in [2.05, 4.69) is 20.8 Å². The second-order valence-electron chi connectivity index (χ2n) is 6.27. The molecule has 4 aromatic rings. The number of hydrogen-bond donors (Lipinski definition) is 2. The van der Waals surface area contributed by atoms with Gasteiger partial charge in [0.05, 0.1) is 0 Å². The molecule has 0 fully saturated rings. The maximum atomic E-state index is 12.5. The molecule has 0 saturated carbocycles. The Kier molecular flexibility index (Phi) is 5.20. The Balaban J connectivity index is 1.40. The quantitative estimate of drug-likeness (QED) is 0.475. The maximum Gasteiger partial charge on any atom is 0.274 e. The van der Waals surface area contributed by atoms with E-state index in [0.29, 0.717) is 28.7 Å². The zero-order valence-electron chi connectivity index (χ0n) is 15.6. The number of carbonyl (C=O) groups is 1. The number of nitrogens with zero attached hydrogens (tertiary/aromatic N) is 2. The van der Waals surface area contributed by atoms with Crippen molar-refractivity contribution in [2.45, 2.75) is 6.92 Å². The highest BCUT2D eigenvalue weighted by atomic mass is 16.5. The minimum absolute atomic E-state index is 0.278. The number of aryl methyl sites for hydroxylation is 1. The Labute approximate surface area is 167 Å². The summed E-state index contributed by atoms with van der Waals surface area (Å²) in [7, 11) is 0. The lowest BCUT2D eigenvalue weighted by Crippen LogP contribution is -2.13. The van der Waals surface area contributed by atoms with E-state index in [9.17, 15) is 4.79 Å². The molecule has 1 amide bonds. The van der Waals surface area contributed by atoms with E-state index in [1.165, 1.54) is 0 Å². The van der Waals surface area contributed by atoms with Gasteiger partial charge in [0.1, 0.15) is 23.0 Å². The minimum atomic E-state index is -0.318. The van der Waals surface area contributed by atoms with Crippen LogP contribution in [0, 0.1) is 6.92 Å². The predicted molar refractivity (Wildman–Crippen MR) is 110 cm³/mol. The van der Waals surface area contributed by atoms with Crippen molar-refractivity contribution in [1.82, 2.24) is 10.1 Å². The Hall–Kier alpha value is -4.13. The normalized spacial score (nSPS) is 10.4. The van der Waals surface area contributed by atoms with Gasteiger partial charge in [0.25, 0.3) is 5.91 Å². The molecule has 0 saturated heterocycles. The van der Waals surface area contributed by atoms with E-state index in [0.717, 1.165) is 5.75 Å². The van der Waals surface area contributed by atoms with Gasteiger partial charge in [-0.05, 0) is 55.5 Å². The highest BCUT2D eigenvalue weighted by Gasteiger charge is 2.10. The molecule has 0 bridgehead atoms. The fourth-order valence-corrected chi connectivity index (χ4v) is 2.63. The molecule has 7 heteroatoms. The number of ether oxygens (including phenoxy) is 1. The highest BCUT2D eigenvalue weighted by molar-refractivity contribution is 6.03. The van der Waals surface area contributed by atoms with Gasteiger partial charge in [0.15, 0.2) is 5.82 Å². The molecule has 2 aromatic heterocycles. The van der Waals surface area contributed by atoms with Gasteiger partial charge in [-0.2, -0.15) is 0 Å². The summed E-state index contributed by atoms with van der Waals surface area (Å²) in [4.78, 5) is 16.7. The van der Waals surface area contributed by atoms with Crippen LogP contribution in [0.3, 0.4) is 0 Å². The van der Waals surface area contributed by atoms with Gasteiger partial charge in [-0.15, -0.1) is 0 Å². The Morgan fingerprint density at radius 1 is 0.931 bits per heavy atom. The number of aromatic nitrogens is 2.